The highest BCUT2D eigenvalue weighted by molar-refractivity contribution is 14.2. The number of carbonyl (C=O) groups is 1. The van der Waals surface area contributed by atoms with E-state index in [4.69, 9.17) is 0 Å². The van der Waals surface area contributed by atoms with Crippen LogP contribution in [0.4, 0.5) is 0 Å². The molecule has 0 radical (unpaired) electrons. The molecule has 1 saturated heterocycles. The lowest BCUT2D eigenvalue weighted by atomic mass is 9.88. The molecule has 2 heterocycles. The number of ketones is 1. The Balaban J connectivity index is 2.02. The van der Waals surface area contributed by atoms with Crippen LogP contribution in [0.2, 0.25) is 0 Å². The van der Waals surface area contributed by atoms with Gasteiger partial charge in [-0.15, -0.1) is 9.24 Å². The molecule has 8 heteroatoms. The van der Waals surface area contributed by atoms with Gasteiger partial charge >= 0.3 is 0 Å². The highest BCUT2D eigenvalue weighted by Crippen LogP contribution is 2.34. The molecule has 1 aliphatic rings. The molecule has 1 aromatic heterocycles. The predicted octanol–water partition coefficient (Wildman–Crippen LogP) is 4.34. The van der Waals surface area contributed by atoms with Crippen LogP contribution in [0.5, 0.6) is 0 Å². The largest absolute Gasteiger partial charge is 0.382 e. The normalized spacial score (nSPS) is 16.2. The number of benzene rings is 1. The quantitative estimate of drug-likeness (QED) is 0.180. The molecule has 0 bridgehead atoms. The van der Waals surface area contributed by atoms with Gasteiger partial charge in [0, 0.05) is 56.0 Å². The minimum absolute atomic E-state index is 0.141. The third-order valence-electron chi connectivity index (χ3n) is 5.49. The first-order valence-corrected chi connectivity index (χ1v) is 13.6. The summed E-state index contributed by atoms with van der Waals surface area (Å²) in [5.74, 6) is 0.303. The predicted molar refractivity (Wildman–Crippen MR) is 134 cm³/mol. The summed E-state index contributed by atoms with van der Waals surface area (Å²) in [5, 5.41) is 11.7. The minimum Gasteiger partial charge on any atom is -0.382 e. The topological polar surface area (TPSA) is 52.3 Å². The maximum absolute atomic E-state index is 13.0. The lowest BCUT2D eigenvalue weighted by Crippen LogP contribution is -2.33. The van der Waals surface area contributed by atoms with E-state index in [1.807, 2.05) is 30.2 Å². The Morgan fingerprint density at radius 2 is 2.07 bits per heavy atom. The van der Waals surface area contributed by atoms with Crippen molar-refractivity contribution in [2.45, 2.75) is 25.7 Å². The number of hydrogen-bond acceptors (Lipinski definition) is 5. The number of likely N-dealkylation sites (tertiary alicyclic amines) is 1. The molecule has 2 aromatic rings. The highest BCUT2D eigenvalue weighted by atomic mass is 127. The number of hydrogen-bond donors (Lipinski definition) is 0. The molecule has 0 spiro atoms. The molecular formula is C21H26IN4OPS. The Kier molecular flexibility index (Phi) is 7.66. The summed E-state index contributed by atoms with van der Waals surface area (Å²) >= 11 is 2.19. The minimum atomic E-state index is -0.246. The second kappa shape index (κ2) is 9.82. The summed E-state index contributed by atoms with van der Waals surface area (Å²) in [7, 11) is 7.96. The maximum atomic E-state index is 13.0. The van der Waals surface area contributed by atoms with Gasteiger partial charge in [-0.1, -0.05) is 6.92 Å². The summed E-state index contributed by atoms with van der Waals surface area (Å²) in [6.07, 6.45) is 3.91. The first-order valence-electron chi connectivity index (χ1n) is 9.68. The second-order valence-corrected chi connectivity index (χ2v) is 9.90. The molecule has 1 aliphatic heterocycles. The van der Waals surface area contributed by atoms with Gasteiger partial charge < -0.3 is 9.80 Å². The van der Waals surface area contributed by atoms with E-state index in [9.17, 15) is 10.1 Å². The smallest absolute Gasteiger partial charge is 0.222 e. The van der Waals surface area contributed by atoms with Gasteiger partial charge in [-0.05, 0) is 67.5 Å². The Morgan fingerprint density at radius 3 is 2.62 bits per heavy atom. The number of carbonyl (C=O) groups excluding carboxylic acids is 1. The fraction of sp³-hybridized carbons (Fsp3) is 0.429. The van der Waals surface area contributed by atoms with E-state index >= 15 is 0 Å². The molecule has 0 N–H and O–H groups in total. The SMILES string of the molecule is CCN1CCC(c2cc3cc(C(=O)/C(C#N)=C/N(C)C)n(SI)c3cc2P)CC1. The second-order valence-electron chi connectivity index (χ2n) is 7.59. The van der Waals surface area contributed by atoms with Gasteiger partial charge in [0.05, 0.1) is 5.52 Å². The molecule has 3 rings (SSSR count). The number of Topliss-reactive ketones (excluding diaryl/α,β-unsaturated/α-hetero) is 1. The standard InChI is InChI=1S/C21H26IN4OPS/c1-4-25-7-5-14(6-8-25)17-9-15-10-19(21(27)16(12-23)13-24(2)3)26(29-22)18(15)11-20(17)28/h9-11,13-14H,4-8,28H2,1-3H3/b16-13+. The van der Waals surface area contributed by atoms with E-state index in [-0.39, 0.29) is 11.4 Å². The van der Waals surface area contributed by atoms with E-state index in [1.54, 1.807) is 11.1 Å². The van der Waals surface area contributed by atoms with Crippen molar-refractivity contribution in [3.8, 4) is 6.07 Å². The van der Waals surface area contributed by atoms with E-state index in [1.165, 1.54) is 32.8 Å². The van der Waals surface area contributed by atoms with Gasteiger partial charge in [0.2, 0.25) is 5.78 Å². The zero-order valence-electron chi connectivity index (χ0n) is 17.0. The van der Waals surface area contributed by atoms with Crippen LogP contribution in [0.1, 0.15) is 41.7 Å². The fourth-order valence-corrected chi connectivity index (χ4v) is 6.14. The average molecular weight is 540 g/mol. The van der Waals surface area contributed by atoms with Crippen molar-refractivity contribution in [2.75, 3.05) is 33.7 Å². The molecule has 154 valence electrons. The van der Waals surface area contributed by atoms with Crippen molar-refractivity contribution < 1.29 is 4.79 Å². The van der Waals surface area contributed by atoms with Gasteiger partial charge in [-0.25, -0.2) is 0 Å². The third kappa shape index (κ3) is 4.82. The van der Waals surface area contributed by atoms with Crippen LogP contribution >= 0.6 is 39.6 Å². The molecule has 5 nitrogen and oxygen atoms in total. The van der Waals surface area contributed by atoms with Crippen LogP contribution in [-0.4, -0.2) is 53.3 Å². The highest BCUT2D eigenvalue weighted by Gasteiger charge is 2.24. The zero-order chi connectivity index (χ0) is 21.1. The van der Waals surface area contributed by atoms with Gasteiger partial charge in [-0.2, -0.15) is 5.26 Å². The molecule has 1 fully saturated rings. The molecule has 0 aliphatic carbocycles. The number of aromatic nitrogens is 1. The molecule has 29 heavy (non-hydrogen) atoms. The Bertz CT molecular complexity index is 987. The van der Waals surface area contributed by atoms with E-state index in [0.717, 1.165) is 30.5 Å². The first-order chi connectivity index (χ1) is 13.9. The molecule has 1 unspecified atom stereocenters. The molecular weight excluding hydrogens is 514 g/mol. The monoisotopic (exact) mass is 540 g/mol. The summed E-state index contributed by atoms with van der Waals surface area (Å²) in [6, 6.07) is 8.38. The number of halogens is 1. The number of nitrogens with zero attached hydrogens (tertiary/aromatic N) is 4. The van der Waals surface area contributed by atoms with Crippen molar-refractivity contribution in [1.82, 2.24) is 13.8 Å². The summed E-state index contributed by atoms with van der Waals surface area (Å²) < 4.78 is 1.93. The van der Waals surface area contributed by atoms with Crippen molar-refractivity contribution in [3.63, 3.8) is 0 Å². The molecule has 0 saturated carbocycles. The van der Waals surface area contributed by atoms with Crippen LogP contribution in [-0.2, 0) is 0 Å². The third-order valence-corrected chi connectivity index (χ3v) is 7.70. The van der Waals surface area contributed by atoms with Crippen LogP contribution in [0, 0.1) is 11.3 Å². The van der Waals surface area contributed by atoms with Crippen LogP contribution < -0.4 is 5.30 Å². The fourth-order valence-electron chi connectivity index (χ4n) is 3.95. The number of fused-ring (bicyclic) bond motifs is 1. The van der Waals surface area contributed by atoms with Crippen LogP contribution in [0.3, 0.4) is 0 Å². The van der Waals surface area contributed by atoms with Crippen molar-refractivity contribution in [1.29, 1.82) is 5.26 Å². The first kappa shape index (κ1) is 22.6. The Labute approximate surface area is 191 Å². The van der Waals surface area contributed by atoms with Crippen molar-refractivity contribution in [3.05, 3.63) is 41.2 Å². The summed E-state index contributed by atoms with van der Waals surface area (Å²) in [6.45, 7) is 5.61. The van der Waals surface area contributed by atoms with Gasteiger partial charge in [0.25, 0.3) is 0 Å². The zero-order valence-corrected chi connectivity index (χ0v) is 21.1. The number of rotatable bonds is 6. The van der Waals surface area contributed by atoms with Gasteiger partial charge in [-0.3, -0.25) is 8.77 Å². The molecule has 1 aromatic carbocycles. The van der Waals surface area contributed by atoms with E-state index in [2.05, 4.69) is 54.4 Å². The number of nitriles is 1. The van der Waals surface area contributed by atoms with Crippen molar-refractivity contribution >= 4 is 61.6 Å². The Morgan fingerprint density at radius 1 is 1.38 bits per heavy atom. The molecule has 0 amide bonds. The van der Waals surface area contributed by atoms with Crippen LogP contribution in [0.15, 0.2) is 30.0 Å². The summed E-state index contributed by atoms with van der Waals surface area (Å²) in [4.78, 5) is 17.3. The van der Waals surface area contributed by atoms with Crippen LogP contribution in [0.25, 0.3) is 10.9 Å². The van der Waals surface area contributed by atoms with E-state index < -0.39 is 0 Å². The van der Waals surface area contributed by atoms with Crippen molar-refractivity contribution in [2.24, 2.45) is 0 Å². The number of piperidine rings is 1. The number of allylic oxidation sites excluding steroid dienone is 1. The average Bonchev–Trinajstić information content (AvgIpc) is 3.08. The lowest BCUT2D eigenvalue weighted by Gasteiger charge is -2.32. The Hall–Kier alpha value is -1.07. The maximum Gasteiger partial charge on any atom is 0.222 e. The summed E-state index contributed by atoms with van der Waals surface area (Å²) in [5.41, 5.74) is 3.05. The molecule has 1 atom stereocenters. The van der Waals surface area contributed by atoms with Gasteiger partial charge in [0.1, 0.15) is 17.3 Å². The van der Waals surface area contributed by atoms with E-state index in [0.29, 0.717) is 11.6 Å². The van der Waals surface area contributed by atoms with Gasteiger partial charge in [0.15, 0.2) is 0 Å². The lowest BCUT2D eigenvalue weighted by molar-refractivity contribution is 0.103.